The third-order valence-corrected chi connectivity index (χ3v) is 8.09. The summed E-state index contributed by atoms with van der Waals surface area (Å²) in [5.41, 5.74) is 8.32. The number of rotatable bonds is 3. The van der Waals surface area contributed by atoms with Gasteiger partial charge in [0.25, 0.3) is 0 Å². The van der Waals surface area contributed by atoms with Gasteiger partial charge in [0.1, 0.15) is 0 Å². The van der Waals surface area contributed by atoms with Crippen LogP contribution in [0.4, 0.5) is 0 Å². The highest BCUT2D eigenvalue weighted by atomic mass is 14.7. The van der Waals surface area contributed by atoms with E-state index in [1.54, 1.807) is 0 Å². The van der Waals surface area contributed by atoms with E-state index in [2.05, 4.69) is 140 Å². The molecule has 0 unspecified atom stereocenters. The van der Waals surface area contributed by atoms with Crippen LogP contribution in [0.3, 0.4) is 0 Å². The van der Waals surface area contributed by atoms with Crippen molar-refractivity contribution in [1.82, 2.24) is 4.98 Å². The van der Waals surface area contributed by atoms with Gasteiger partial charge in [-0.25, -0.2) is 0 Å². The third-order valence-electron chi connectivity index (χ3n) is 8.09. The molecule has 0 amide bonds. The van der Waals surface area contributed by atoms with Gasteiger partial charge in [0.2, 0.25) is 0 Å². The number of benzene rings is 7. The first-order chi connectivity index (χ1) is 19.9. The lowest BCUT2D eigenvalue weighted by Gasteiger charge is -2.17. The van der Waals surface area contributed by atoms with E-state index in [1.807, 2.05) is 12.3 Å². The lowest BCUT2D eigenvalue weighted by atomic mass is 9.87. The largest absolute Gasteiger partial charge is 0.256 e. The number of hydrogen-bond acceptors (Lipinski definition) is 1. The first-order valence-corrected chi connectivity index (χ1v) is 13.7. The molecule has 1 aromatic heterocycles. The Morgan fingerprint density at radius 1 is 0.350 bits per heavy atom. The fourth-order valence-electron chi connectivity index (χ4n) is 6.32. The zero-order valence-corrected chi connectivity index (χ0v) is 21.9. The second kappa shape index (κ2) is 9.18. The Hall–Kier alpha value is -5.27. The van der Waals surface area contributed by atoms with Crippen LogP contribution >= 0.6 is 0 Å². The van der Waals surface area contributed by atoms with E-state index in [9.17, 15) is 0 Å². The molecule has 1 heteroatoms. The van der Waals surface area contributed by atoms with Crippen molar-refractivity contribution >= 4 is 43.2 Å². The second-order valence-corrected chi connectivity index (χ2v) is 10.3. The summed E-state index contributed by atoms with van der Waals surface area (Å²) in [7, 11) is 0. The summed E-state index contributed by atoms with van der Waals surface area (Å²) in [6, 6.07) is 52.4. The van der Waals surface area contributed by atoms with Crippen LogP contribution in [-0.4, -0.2) is 4.98 Å². The molecule has 0 aliphatic rings. The quantitative estimate of drug-likeness (QED) is 0.171. The Morgan fingerprint density at radius 2 is 0.900 bits per heavy atom. The predicted octanol–water partition coefficient (Wildman–Crippen LogP) is 10.7. The standard InChI is InChI=1S/C39H25N/c1-2-11-27(12-3-1)38-34-18-9-8-17-33(34)37(35-19-10-24-40-39(35)38)28-22-20-26(21-23-28)36-25-29-13-4-5-14-30(29)31-15-6-7-16-32(31)36/h1-25H. The minimum atomic E-state index is 1.03. The monoisotopic (exact) mass is 507 g/mol. The highest BCUT2D eigenvalue weighted by Crippen LogP contribution is 2.43. The smallest absolute Gasteiger partial charge is 0.0792 e. The molecular formula is C39H25N. The van der Waals surface area contributed by atoms with E-state index in [-0.39, 0.29) is 0 Å². The molecule has 1 nitrogen and oxygen atoms in total. The van der Waals surface area contributed by atoms with E-state index in [0.717, 1.165) is 5.52 Å². The molecule has 0 spiro atoms. The van der Waals surface area contributed by atoms with E-state index in [1.165, 1.54) is 71.1 Å². The van der Waals surface area contributed by atoms with Gasteiger partial charge in [-0.2, -0.15) is 0 Å². The van der Waals surface area contributed by atoms with Gasteiger partial charge in [0.15, 0.2) is 0 Å². The van der Waals surface area contributed by atoms with Crippen molar-refractivity contribution in [3.8, 4) is 33.4 Å². The van der Waals surface area contributed by atoms with Crippen molar-refractivity contribution in [3.05, 3.63) is 152 Å². The Labute approximate surface area is 233 Å². The van der Waals surface area contributed by atoms with Crippen LogP contribution in [0.15, 0.2) is 152 Å². The highest BCUT2D eigenvalue weighted by molar-refractivity contribution is 6.20. The summed E-state index contributed by atoms with van der Waals surface area (Å²) in [6.07, 6.45) is 1.90. The first-order valence-electron chi connectivity index (χ1n) is 13.7. The van der Waals surface area contributed by atoms with Crippen molar-refractivity contribution in [2.45, 2.75) is 0 Å². The summed E-state index contributed by atoms with van der Waals surface area (Å²) < 4.78 is 0. The Kier molecular flexibility index (Phi) is 5.21. The molecule has 0 atom stereocenters. The summed E-state index contributed by atoms with van der Waals surface area (Å²) in [5.74, 6) is 0. The molecule has 186 valence electrons. The maximum Gasteiger partial charge on any atom is 0.0792 e. The Balaban J connectivity index is 1.36. The van der Waals surface area contributed by atoms with Crippen LogP contribution in [0, 0.1) is 0 Å². The average molecular weight is 508 g/mol. The average Bonchev–Trinajstić information content (AvgIpc) is 3.04. The van der Waals surface area contributed by atoms with Crippen molar-refractivity contribution in [2.75, 3.05) is 0 Å². The van der Waals surface area contributed by atoms with Gasteiger partial charge in [-0.05, 0) is 72.3 Å². The lowest BCUT2D eigenvalue weighted by Crippen LogP contribution is -1.92. The molecule has 8 aromatic rings. The van der Waals surface area contributed by atoms with E-state index < -0.39 is 0 Å². The fourth-order valence-corrected chi connectivity index (χ4v) is 6.32. The number of nitrogens with zero attached hydrogens (tertiary/aromatic N) is 1. The molecule has 8 rings (SSSR count). The van der Waals surface area contributed by atoms with Crippen molar-refractivity contribution < 1.29 is 0 Å². The minimum Gasteiger partial charge on any atom is -0.256 e. The summed E-state index contributed by atoms with van der Waals surface area (Å²) >= 11 is 0. The fraction of sp³-hybridized carbons (Fsp3) is 0. The Bertz CT molecular complexity index is 2140. The molecule has 1 heterocycles. The SMILES string of the molecule is c1ccc(-c2c3ccccc3c(-c3ccc(-c4cc5ccccc5c5ccccc45)cc3)c3cccnc23)cc1. The second-order valence-electron chi connectivity index (χ2n) is 10.3. The van der Waals surface area contributed by atoms with Crippen molar-refractivity contribution in [3.63, 3.8) is 0 Å². The van der Waals surface area contributed by atoms with Crippen LogP contribution < -0.4 is 0 Å². The molecule has 0 saturated carbocycles. The third kappa shape index (κ3) is 3.52. The molecular weight excluding hydrogens is 482 g/mol. The van der Waals surface area contributed by atoms with Crippen molar-refractivity contribution in [1.29, 1.82) is 0 Å². The molecule has 7 aromatic carbocycles. The number of pyridine rings is 1. The molecule has 0 aliphatic carbocycles. The highest BCUT2D eigenvalue weighted by Gasteiger charge is 2.17. The zero-order chi connectivity index (χ0) is 26.5. The molecule has 0 fully saturated rings. The van der Waals surface area contributed by atoms with E-state index in [0.29, 0.717) is 0 Å². The minimum absolute atomic E-state index is 1.03. The number of hydrogen-bond donors (Lipinski definition) is 0. The van der Waals surface area contributed by atoms with Gasteiger partial charge in [0, 0.05) is 17.1 Å². The maximum atomic E-state index is 4.92. The van der Waals surface area contributed by atoms with Crippen LogP contribution in [0.1, 0.15) is 0 Å². The molecule has 0 saturated heterocycles. The molecule has 0 N–H and O–H groups in total. The van der Waals surface area contributed by atoms with Crippen LogP contribution in [-0.2, 0) is 0 Å². The van der Waals surface area contributed by atoms with Crippen LogP contribution in [0.2, 0.25) is 0 Å². The molecule has 0 bridgehead atoms. The number of fused-ring (bicyclic) bond motifs is 5. The van der Waals surface area contributed by atoms with Gasteiger partial charge >= 0.3 is 0 Å². The number of aromatic nitrogens is 1. The summed E-state index contributed by atoms with van der Waals surface area (Å²) in [4.78, 5) is 4.92. The van der Waals surface area contributed by atoms with Gasteiger partial charge in [-0.15, -0.1) is 0 Å². The van der Waals surface area contributed by atoms with E-state index in [4.69, 9.17) is 4.98 Å². The van der Waals surface area contributed by atoms with Gasteiger partial charge in [-0.1, -0.05) is 133 Å². The maximum absolute atomic E-state index is 4.92. The summed E-state index contributed by atoms with van der Waals surface area (Å²) in [5, 5.41) is 8.76. The van der Waals surface area contributed by atoms with Crippen LogP contribution in [0.25, 0.3) is 76.6 Å². The summed E-state index contributed by atoms with van der Waals surface area (Å²) in [6.45, 7) is 0. The zero-order valence-electron chi connectivity index (χ0n) is 21.9. The van der Waals surface area contributed by atoms with Crippen molar-refractivity contribution in [2.24, 2.45) is 0 Å². The van der Waals surface area contributed by atoms with Crippen LogP contribution in [0.5, 0.6) is 0 Å². The molecule has 0 radical (unpaired) electrons. The topological polar surface area (TPSA) is 12.9 Å². The van der Waals surface area contributed by atoms with E-state index >= 15 is 0 Å². The predicted molar refractivity (Wildman–Crippen MR) is 171 cm³/mol. The first kappa shape index (κ1) is 22.7. The van der Waals surface area contributed by atoms with Gasteiger partial charge < -0.3 is 0 Å². The Morgan fingerprint density at radius 3 is 1.68 bits per heavy atom. The normalized spacial score (nSPS) is 11.5. The van der Waals surface area contributed by atoms with Gasteiger partial charge in [0.05, 0.1) is 5.52 Å². The van der Waals surface area contributed by atoms with Gasteiger partial charge in [-0.3, -0.25) is 4.98 Å². The lowest BCUT2D eigenvalue weighted by molar-refractivity contribution is 1.42. The molecule has 40 heavy (non-hydrogen) atoms. The molecule has 0 aliphatic heterocycles.